The molecule has 4 rings (SSSR count). The molecule has 2 saturated heterocycles. The molecular formula is C21H20FN3O3. The van der Waals surface area contributed by atoms with Crippen molar-refractivity contribution in [1.82, 2.24) is 9.80 Å². The average Bonchev–Trinajstić information content (AvgIpc) is 3.19. The molecule has 0 radical (unpaired) electrons. The van der Waals surface area contributed by atoms with E-state index in [0.29, 0.717) is 24.3 Å². The van der Waals surface area contributed by atoms with Crippen LogP contribution in [0.25, 0.3) is 0 Å². The smallest absolute Gasteiger partial charge is 0.255 e. The lowest BCUT2D eigenvalue weighted by atomic mass is 10.1. The number of hydrogen-bond donors (Lipinski definition) is 1. The number of halogens is 1. The van der Waals surface area contributed by atoms with Crippen LogP contribution in [0, 0.1) is 5.82 Å². The first-order valence-corrected chi connectivity index (χ1v) is 9.25. The fourth-order valence-electron chi connectivity index (χ4n) is 3.72. The van der Waals surface area contributed by atoms with Crippen LogP contribution in [-0.2, 0) is 16.1 Å². The minimum atomic E-state index is -0.367. The van der Waals surface area contributed by atoms with Gasteiger partial charge >= 0.3 is 0 Å². The second-order valence-corrected chi connectivity index (χ2v) is 7.10. The maximum atomic E-state index is 12.9. The molecular weight excluding hydrogens is 361 g/mol. The van der Waals surface area contributed by atoms with Crippen LogP contribution in [0.15, 0.2) is 48.5 Å². The summed E-state index contributed by atoms with van der Waals surface area (Å²) in [6.45, 7) is 1.11. The predicted molar refractivity (Wildman–Crippen MR) is 101 cm³/mol. The van der Waals surface area contributed by atoms with E-state index in [1.165, 1.54) is 24.3 Å². The fourth-order valence-corrected chi connectivity index (χ4v) is 3.72. The van der Waals surface area contributed by atoms with Crippen molar-refractivity contribution in [1.29, 1.82) is 0 Å². The second kappa shape index (κ2) is 7.42. The molecule has 0 saturated carbocycles. The van der Waals surface area contributed by atoms with Gasteiger partial charge in [-0.2, -0.15) is 0 Å². The van der Waals surface area contributed by atoms with E-state index in [1.807, 2.05) is 0 Å². The Labute approximate surface area is 161 Å². The molecule has 7 heteroatoms. The van der Waals surface area contributed by atoms with Gasteiger partial charge in [-0.25, -0.2) is 4.39 Å². The molecule has 0 bridgehead atoms. The monoisotopic (exact) mass is 381 g/mol. The number of carbonyl (C=O) groups excluding carboxylic acids is 3. The highest BCUT2D eigenvalue weighted by molar-refractivity contribution is 6.04. The Morgan fingerprint density at radius 1 is 1.07 bits per heavy atom. The van der Waals surface area contributed by atoms with Crippen LogP contribution >= 0.6 is 0 Å². The number of piperazine rings is 1. The van der Waals surface area contributed by atoms with E-state index in [9.17, 15) is 18.8 Å². The third kappa shape index (κ3) is 3.60. The summed E-state index contributed by atoms with van der Waals surface area (Å²) < 4.78 is 12.9. The first-order valence-electron chi connectivity index (χ1n) is 9.25. The van der Waals surface area contributed by atoms with Gasteiger partial charge in [-0.3, -0.25) is 14.4 Å². The highest BCUT2D eigenvalue weighted by Gasteiger charge is 2.41. The number of nitrogens with one attached hydrogen (secondary N) is 1. The van der Waals surface area contributed by atoms with Crippen LogP contribution in [0.2, 0.25) is 0 Å². The molecule has 2 aliphatic rings. The van der Waals surface area contributed by atoms with Crippen molar-refractivity contribution in [3.63, 3.8) is 0 Å². The van der Waals surface area contributed by atoms with Crippen molar-refractivity contribution in [2.75, 3.05) is 18.4 Å². The number of anilines is 1. The van der Waals surface area contributed by atoms with Crippen LogP contribution in [-0.4, -0.2) is 46.7 Å². The van der Waals surface area contributed by atoms with Crippen molar-refractivity contribution >= 4 is 23.4 Å². The molecule has 2 heterocycles. The standard InChI is InChI=1S/C21H20FN3O3/c22-16-7-9-17(10-8-16)23-20(27)15-5-3-14(4-6-15)12-24-13-19(26)25-11-1-2-18(25)21(24)28/h3-10,18H,1-2,11-13H2,(H,23,27)/t18-/m0/s1. The number of carbonyl (C=O) groups is 3. The van der Waals surface area contributed by atoms with Crippen molar-refractivity contribution in [3.8, 4) is 0 Å². The van der Waals surface area contributed by atoms with Gasteiger partial charge in [-0.05, 0) is 54.8 Å². The van der Waals surface area contributed by atoms with Gasteiger partial charge in [0, 0.05) is 24.3 Å². The van der Waals surface area contributed by atoms with Gasteiger partial charge in [0.05, 0.1) is 0 Å². The van der Waals surface area contributed by atoms with Gasteiger partial charge in [0.2, 0.25) is 11.8 Å². The van der Waals surface area contributed by atoms with Gasteiger partial charge in [-0.1, -0.05) is 12.1 Å². The van der Waals surface area contributed by atoms with E-state index in [0.717, 1.165) is 18.4 Å². The summed E-state index contributed by atoms with van der Waals surface area (Å²) in [5, 5.41) is 2.70. The second-order valence-electron chi connectivity index (χ2n) is 7.10. The Balaban J connectivity index is 1.40. The lowest BCUT2D eigenvalue weighted by Crippen LogP contribution is -2.56. The van der Waals surface area contributed by atoms with Crippen LogP contribution in [0.1, 0.15) is 28.8 Å². The number of benzene rings is 2. The molecule has 1 N–H and O–H groups in total. The van der Waals surface area contributed by atoms with Gasteiger partial charge < -0.3 is 15.1 Å². The molecule has 3 amide bonds. The molecule has 2 aliphatic heterocycles. The third-order valence-electron chi connectivity index (χ3n) is 5.19. The minimum Gasteiger partial charge on any atom is -0.329 e. The molecule has 2 fully saturated rings. The molecule has 0 aliphatic carbocycles. The molecule has 6 nitrogen and oxygen atoms in total. The van der Waals surface area contributed by atoms with E-state index in [2.05, 4.69) is 5.32 Å². The lowest BCUT2D eigenvalue weighted by Gasteiger charge is -2.36. The van der Waals surface area contributed by atoms with Crippen molar-refractivity contribution in [2.45, 2.75) is 25.4 Å². The fraction of sp³-hybridized carbons (Fsp3) is 0.286. The Morgan fingerprint density at radius 2 is 1.79 bits per heavy atom. The summed E-state index contributed by atoms with van der Waals surface area (Å²) in [7, 11) is 0. The largest absolute Gasteiger partial charge is 0.329 e. The SMILES string of the molecule is O=C(Nc1ccc(F)cc1)c1ccc(CN2CC(=O)N3CCC[C@H]3C2=O)cc1. The number of nitrogens with zero attached hydrogens (tertiary/aromatic N) is 2. The number of hydrogen-bond acceptors (Lipinski definition) is 3. The van der Waals surface area contributed by atoms with Gasteiger partial charge in [0.25, 0.3) is 5.91 Å². The summed E-state index contributed by atoms with van der Waals surface area (Å²) >= 11 is 0. The summed E-state index contributed by atoms with van der Waals surface area (Å²) in [6, 6.07) is 12.1. The first-order chi connectivity index (χ1) is 13.5. The average molecular weight is 381 g/mol. The van der Waals surface area contributed by atoms with E-state index in [4.69, 9.17) is 0 Å². The molecule has 0 aromatic heterocycles. The topological polar surface area (TPSA) is 69.7 Å². The van der Waals surface area contributed by atoms with Crippen molar-refractivity contribution in [2.24, 2.45) is 0 Å². The van der Waals surface area contributed by atoms with Crippen molar-refractivity contribution < 1.29 is 18.8 Å². The van der Waals surface area contributed by atoms with Crippen LogP contribution in [0.4, 0.5) is 10.1 Å². The Morgan fingerprint density at radius 3 is 2.50 bits per heavy atom. The number of fused-ring (bicyclic) bond motifs is 1. The predicted octanol–water partition coefficient (Wildman–Crippen LogP) is 2.41. The van der Waals surface area contributed by atoms with Crippen LogP contribution < -0.4 is 5.32 Å². The highest BCUT2D eigenvalue weighted by atomic mass is 19.1. The molecule has 0 unspecified atom stereocenters. The Bertz CT molecular complexity index is 911. The molecule has 144 valence electrons. The minimum absolute atomic E-state index is 0.00241. The molecule has 0 spiro atoms. The van der Waals surface area contributed by atoms with Gasteiger partial charge in [0.15, 0.2) is 0 Å². The summed E-state index contributed by atoms with van der Waals surface area (Å²) in [4.78, 5) is 40.4. The third-order valence-corrected chi connectivity index (χ3v) is 5.19. The van der Waals surface area contributed by atoms with E-state index < -0.39 is 0 Å². The summed E-state index contributed by atoms with van der Waals surface area (Å²) in [5.74, 6) is -0.676. The molecule has 28 heavy (non-hydrogen) atoms. The summed E-state index contributed by atoms with van der Waals surface area (Å²) in [5.41, 5.74) is 1.82. The normalized spacial score (nSPS) is 19.0. The number of amides is 3. The zero-order chi connectivity index (χ0) is 19.7. The van der Waals surface area contributed by atoms with Crippen LogP contribution in [0.3, 0.4) is 0 Å². The zero-order valence-corrected chi connectivity index (χ0v) is 15.2. The van der Waals surface area contributed by atoms with Gasteiger partial charge in [-0.15, -0.1) is 0 Å². The van der Waals surface area contributed by atoms with E-state index in [1.54, 1.807) is 34.1 Å². The Kier molecular flexibility index (Phi) is 4.81. The quantitative estimate of drug-likeness (QED) is 0.884. The maximum Gasteiger partial charge on any atom is 0.255 e. The van der Waals surface area contributed by atoms with E-state index in [-0.39, 0.29) is 36.1 Å². The maximum absolute atomic E-state index is 12.9. The molecule has 2 aromatic carbocycles. The first kappa shape index (κ1) is 18.2. The Hall–Kier alpha value is -3.22. The number of rotatable bonds is 4. The zero-order valence-electron chi connectivity index (χ0n) is 15.2. The lowest BCUT2D eigenvalue weighted by molar-refractivity contribution is -0.154. The molecule has 1 atom stereocenters. The highest BCUT2D eigenvalue weighted by Crippen LogP contribution is 2.24. The molecule has 2 aromatic rings. The summed E-state index contributed by atoms with van der Waals surface area (Å²) in [6.07, 6.45) is 1.59. The van der Waals surface area contributed by atoms with Gasteiger partial charge in [0.1, 0.15) is 18.4 Å². The van der Waals surface area contributed by atoms with Crippen molar-refractivity contribution in [3.05, 3.63) is 65.5 Å². The van der Waals surface area contributed by atoms with E-state index >= 15 is 0 Å². The van der Waals surface area contributed by atoms with Crippen LogP contribution in [0.5, 0.6) is 0 Å².